The van der Waals surface area contributed by atoms with E-state index in [9.17, 15) is 23.3 Å². The molecule has 28 heavy (non-hydrogen) atoms. The first-order valence-electron chi connectivity index (χ1n) is 8.43. The maximum Gasteiger partial charge on any atom is 0.271 e. The number of anilines is 1. The molecular weight excluding hydrogens is 388 g/mol. The maximum absolute atomic E-state index is 12.5. The molecule has 0 fully saturated rings. The molecule has 0 spiro atoms. The standard InChI is InChI=1S/C18H18N2O7S/c1-12-2-3-13(20(22)23)10-15(12)19-18(21)6-9-28(24,25)14-4-5-16-17(11-14)27-8-7-26-16/h2-5,10-11H,6-9H2,1H3,(H,19,21). The minimum Gasteiger partial charge on any atom is -0.486 e. The van der Waals surface area contributed by atoms with Crippen molar-refractivity contribution in [1.29, 1.82) is 0 Å². The Hall–Kier alpha value is -3.14. The Bertz CT molecular complexity index is 1030. The molecule has 0 radical (unpaired) electrons. The van der Waals surface area contributed by atoms with E-state index in [4.69, 9.17) is 9.47 Å². The molecule has 0 aliphatic carbocycles. The Balaban J connectivity index is 1.67. The van der Waals surface area contributed by atoms with Crippen LogP contribution in [-0.4, -0.2) is 38.2 Å². The van der Waals surface area contributed by atoms with Gasteiger partial charge in [0.15, 0.2) is 21.3 Å². The zero-order valence-corrected chi connectivity index (χ0v) is 15.8. The fourth-order valence-electron chi connectivity index (χ4n) is 2.63. The summed E-state index contributed by atoms with van der Waals surface area (Å²) in [4.78, 5) is 22.5. The van der Waals surface area contributed by atoms with Crippen molar-refractivity contribution < 1.29 is 27.6 Å². The van der Waals surface area contributed by atoms with Crippen molar-refractivity contribution in [2.24, 2.45) is 0 Å². The van der Waals surface area contributed by atoms with Crippen LogP contribution in [0.25, 0.3) is 0 Å². The number of fused-ring (bicyclic) bond motifs is 1. The minimum atomic E-state index is -3.72. The summed E-state index contributed by atoms with van der Waals surface area (Å²) in [5.74, 6) is -0.135. The van der Waals surface area contributed by atoms with Crippen LogP contribution >= 0.6 is 0 Å². The van der Waals surface area contributed by atoms with E-state index >= 15 is 0 Å². The highest BCUT2D eigenvalue weighted by atomic mass is 32.2. The number of carbonyl (C=O) groups is 1. The van der Waals surface area contributed by atoms with Gasteiger partial charge in [-0.25, -0.2) is 8.42 Å². The topological polar surface area (TPSA) is 125 Å². The Morgan fingerprint density at radius 2 is 1.86 bits per heavy atom. The number of ether oxygens (including phenoxy) is 2. The number of nitrogens with zero attached hydrogens (tertiary/aromatic N) is 1. The Morgan fingerprint density at radius 1 is 1.14 bits per heavy atom. The summed E-state index contributed by atoms with van der Waals surface area (Å²) in [5, 5.41) is 13.4. The monoisotopic (exact) mass is 406 g/mol. The molecule has 148 valence electrons. The van der Waals surface area contributed by atoms with Crippen molar-refractivity contribution in [3.63, 3.8) is 0 Å². The van der Waals surface area contributed by atoms with Gasteiger partial charge in [0.1, 0.15) is 13.2 Å². The molecule has 0 aromatic heterocycles. The molecule has 0 saturated carbocycles. The highest BCUT2D eigenvalue weighted by molar-refractivity contribution is 7.91. The van der Waals surface area contributed by atoms with Crippen LogP contribution in [0.3, 0.4) is 0 Å². The van der Waals surface area contributed by atoms with E-state index in [0.29, 0.717) is 30.3 Å². The molecule has 2 aromatic carbocycles. The van der Waals surface area contributed by atoms with Crippen molar-refractivity contribution in [2.75, 3.05) is 24.3 Å². The van der Waals surface area contributed by atoms with Crippen LogP contribution in [0, 0.1) is 17.0 Å². The van der Waals surface area contributed by atoms with E-state index < -0.39 is 26.4 Å². The molecule has 3 rings (SSSR count). The van der Waals surface area contributed by atoms with E-state index in [1.165, 1.54) is 36.4 Å². The quantitative estimate of drug-likeness (QED) is 0.577. The summed E-state index contributed by atoms with van der Waals surface area (Å²) < 4.78 is 35.8. The third-order valence-corrected chi connectivity index (χ3v) is 5.89. The predicted molar refractivity (Wildman–Crippen MR) is 101 cm³/mol. The number of nitro groups is 1. The van der Waals surface area contributed by atoms with Gasteiger partial charge in [-0.3, -0.25) is 14.9 Å². The molecule has 0 saturated heterocycles. The summed E-state index contributed by atoms with van der Waals surface area (Å²) in [6.07, 6.45) is -0.293. The van der Waals surface area contributed by atoms with Crippen molar-refractivity contribution in [3.05, 3.63) is 52.1 Å². The third-order valence-electron chi connectivity index (χ3n) is 4.18. The molecule has 0 bridgehead atoms. The smallest absolute Gasteiger partial charge is 0.271 e. The number of nitro benzene ring substituents is 1. The van der Waals surface area contributed by atoms with Gasteiger partial charge >= 0.3 is 0 Å². The van der Waals surface area contributed by atoms with E-state index in [1.54, 1.807) is 6.92 Å². The lowest BCUT2D eigenvalue weighted by atomic mass is 10.2. The number of amides is 1. The first-order chi connectivity index (χ1) is 13.3. The molecule has 1 heterocycles. The first-order valence-corrected chi connectivity index (χ1v) is 10.1. The largest absolute Gasteiger partial charge is 0.486 e. The summed E-state index contributed by atoms with van der Waals surface area (Å²) in [7, 11) is -3.72. The van der Waals surface area contributed by atoms with Gasteiger partial charge in [-0.2, -0.15) is 0 Å². The van der Waals surface area contributed by atoms with Crippen LogP contribution < -0.4 is 14.8 Å². The van der Waals surface area contributed by atoms with Gasteiger partial charge in [0.2, 0.25) is 5.91 Å². The fraction of sp³-hybridized carbons (Fsp3) is 0.278. The summed E-state index contributed by atoms with van der Waals surface area (Å²) in [5.41, 5.74) is 0.745. The van der Waals surface area contributed by atoms with Gasteiger partial charge in [0, 0.05) is 24.6 Å². The number of non-ortho nitro benzene ring substituents is 1. The number of hydrogen-bond acceptors (Lipinski definition) is 7. The zero-order chi connectivity index (χ0) is 20.3. The summed E-state index contributed by atoms with van der Waals surface area (Å²) in [6.45, 7) is 2.42. The summed E-state index contributed by atoms with van der Waals surface area (Å²) >= 11 is 0. The number of hydrogen-bond donors (Lipinski definition) is 1. The number of rotatable bonds is 6. The van der Waals surface area contributed by atoms with E-state index in [2.05, 4.69) is 5.32 Å². The normalized spacial score (nSPS) is 13.0. The van der Waals surface area contributed by atoms with E-state index in [-0.39, 0.29) is 22.7 Å². The molecule has 1 amide bonds. The molecule has 10 heteroatoms. The lowest BCUT2D eigenvalue weighted by Gasteiger charge is -2.18. The average molecular weight is 406 g/mol. The number of aryl methyl sites for hydroxylation is 1. The van der Waals surface area contributed by atoms with Gasteiger partial charge < -0.3 is 14.8 Å². The van der Waals surface area contributed by atoms with Crippen molar-refractivity contribution in [1.82, 2.24) is 0 Å². The molecule has 0 unspecified atom stereocenters. The van der Waals surface area contributed by atoms with Crippen LogP contribution in [0.4, 0.5) is 11.4 Å². The van der Waals surface area contributed by atoms with Crippen LogP contribution in [-0.2, 0) is 14.6 Å². The minimum absolute atomic E-state index is 0.0380. The predicted octanol–water partition coefficient (Wildman–Crippen LogP) is 2.48. The van der Waals surface area contributed by atoms with Gasteiger partial charge in [-0.15, -0.1) is 0 Å². The van der Waals surface area contributed by atoms with Gasteiger partial charge in [0.05, 0.1) is 21.3 Å². The van der Waals surface area contributed by atoms with Gasteiger partial charge in [-0.1, -0.05) is 6.07 Å². The average Bonchev–Trinajstić information content (AvgIpc) is 2.67. The second-order valence-electron chi connectivity index (χ2n) is 6.18. The van der Waals surface area contributed by atoms with Crippen LogP contribution in [0.5, 0.6) is 11.5 Å². The van der Waals surface area contributed by atoms with Crippen LogP contribution in [0.2, 0.25) is 0 Å². The highest BCUT2D eigenvalue weighted by Crippen LogP contribution is 2.32. The zero-order valence-electron chi connectivity index (χ0n) is 15.0. The van der Waals surface area contributed by atoms with Gasteiger partial charge in [0.25, 0.3) is 5.69 Å². The molecule has 0 atom stereocenters. The molecule has 1 N–H and O–H groups in total. The summed E-state index contributed by atoms with van der Waals surface area (Å²) in [6, 6.07) is 8.39. The Kier molecular flexibility index (Phi) is 5.50. The SMILES string of the molecule is Cc1ccc([N+](=O)[O-])cc1NC(=O)CCS(=O)(=O)c1ccc2c(c1)OCCO2. The van der Waals surface area contributed by atoms with Crippen LogP contribution in [0.1, 0.15) is 12.0 Å². The lowest BCUT2D eigenvalue weighted by molar-refractivity contribution is -0.384. The third kappa shape index (κ3) is 4.39. The first kappa shape index (κ1) is 19.6. The van der Waals surface area contributed by atoms with Crippen LogP contribution in [0.15, 0.2) is 41.3 Å². The second kappa shape index (κ2) is 7.85. The van der Waals surface area contributed by atoms with Gasteiger partial charge in [-0.05, 0) is 24.6 Å². The second-order valence-corrected chi connectivity index (χ2v) is 8.29. The molecule has 1 aliphatic rings. The lowest BCUT2D eigenvalue weighted by Crippen LogP contribution is -2.19. The number of sulfone groups is 1. The number of carbonyl (C=O) groups excluding carboxylic acids is 1. The fourth-order valence-corrected chi connectivity index (χ4v) is 3.88. The van der Waals surface area contributed by atoms with Crippen molar-refractivity contribution in [2.45, 2.75) is 18.2 Å². The maximum atomic E-state index is 12.5. The molecule has 1 aliphatic heterocycles. The highest BCUT2D eigenvalue weighted by Gasteiger charge is 2.21. The van der Waals surface area contributed by atoms with E-state index in [1.807, 2.05) is 0 Å². The van der Waals surface area contributed by atoms with Crippen molar-refractivity contribution >= 4 is 27.1 Å². The Labute approximate surface area is 161 Å². The number of nitrogens with one attached hydrogen (secondary N) is 1. The Morgan fingerprint density at radius 3 is 2.57 bits per heavy atom. The number of benzene rings is 2. The van der Waals surface area contributed by atoms with Crippen molar-refractivity contribution in [3.8, 4) is 11.5 Å². The van der Waals surface area contributed by atoms with E-state index in [0.717, 1.165) is 0 Å². The molecule has 9 nitrogen and oxygen atoms in total. The molecule has 2 aromatic rings. The molecular formula is C18H18N2O7S.